The second kappa shape index (κ2) is 8.09. The molecule has 7 heteroatoms. The molecule has 1 unspecified atom stereocenters. The molecular formula is C26H24N4O3. The Morgan fingerprint density at radius 1 is 1.03 bits per heavy atom. The lowest BCUT2D eigenvalue weighted by molar-refractivity contribution is -0.137. The van der Waals surface area contributed by atoms with Gasteiger partial charge in [0.05, 0.1) is 24.5 Å². The van der Waals surface area contributed by atoms with E-state index in [0.29, 0.717) is 17.7 Å². The molecule has 3 aromatic heterocycles. The predicted octanol–water partition coefficient (Wildman–Crippen LogP) is 4.11. The fraction of sp³-hybridized carbons (Fsp3) is 0.192. The molecule has 0 saturated carbocycles. The zero-order valence-electron chi connectivity index (χ0n) is 18.5. The minimum atomic E-state index is -0.975. The molecule has 5 aromatic rings. The van der Waals surface area contributed by atoms with Crippen LogP contribution in [0.4, 0.5) is 0 Å². The third-order valence-corrected chi connectivity index (χ3v) is 6.22. The van der Waals surface area contributed by atoms with Crippen molar-refractivity contribution in [1.29, 1.82) is 0 Å². The van der Waals surface area contributed by atoms with Crippen LogP contribution in [-0.2, 0) is 18.4 Å². The Labute approximate surface area is 190 Å². The van der Waals surface area contributed by atoms with E-state index < -0.39 is 12.0 Å². The molecule has 7 nitrogen and oxygen atoms in total. The van der Waals surface area contributed by atoms with E-state index in [0.717, 1.165) is 27.6 Å². The Kier molecular flexibility index (Phi) is 5.09. The van der Waals surface area contributed by atoms with Crippen molar-refractivity contribution in [3.05, 3.63) is 100 Å². The van der Waals surface area contributed by atoms with Crippen molar-refractivity contribution < 1.29 is 9.90 Å². The van der Waals surface area contributed by atoms with Crippen molar-refractivity contribution in [1.82, 2.24) is 18.7 Å². The molecule has 0 fully saturated rings. The van der Waals surface area contributed by atoms with Crippen LogP contribution < -0.4 is 5.69 Å². The summed E-state index contributed by atoms with van der Waals surface area (Å²) in [4.78, 5) is 30.0. The third kappa shape index (κ3) is 3.51. The van der Waals surface area contributed by atoms with E-state index in [9.17, 15) is 14.7 Å². The van der Waals surface area contributed by atoms with E-state index in [-0.39, 0.29) is 12.1 Å². The number of aliphatic carboxylic acids is 1. The van der Waals surface area contributed by atoms with Gasteiger partial charge in [0, 0.05) is 30.3 Å². The highest BCUT2D eigenvalue weighted by Crippen LogP contribution is 2.28. The lowest BCUT2D eigenvalue weighted by Gasteiger charge is -2.17. The van der Waals surface area contributed by atoms with Gasteiger partial charge in [0.1, 0.15) is 0 Å². The molecule has 0 aliphatic rings. The molecule has 0 aliphatic heterocycles. The number of carboxylic acids is 1. The molecule has 0 amide bonds. The summed E-state index contributed by atoms with van der Waals surface area (Å²) >= 11 is 0. The fourth-order valence-electron chi connectivity index (χ4n) is 4.76. The maximum atomic E-state index is 13.8. The van der Waals surface area contributed by atoms with Gasteiger partial charge >= 0.3 is 11.7 Å². The smallest absolute Gasteiger partial charge is 0.331 e. The number of carboxylic acid groups (broad SMARTS) is 1. The second-order valence-corrected chi connectivity index (χ2v) is 8.34. The minimum absolute atomic E-state index is 0.215. The maximum Gasteiger partial charge on any atom is 0.331 e. The Morgan fingerprint density at radius 3 is 2.55 bits per heavy atom. The van der Waals surface area contributed by atoms with Gasteiger partial charge < -0.3 is 9.67 Å². The number of hydrogen-bond acceptors (Lipinski definition) is 3. The molecule has 1 N–H and O–H groups in total. The summed E-state index contributed by atoms with van der Waals surface area (Å²) in [6.45, 7) is 2.43. The third-order valence-electron chi connectivity index (χ3n) is 6.22. The number of hydrogen-bond donors (Lipinski definition) is 1. The van der Waals surface area contributed by atoms with Crippen LogP contribution in [0.15, 0.2) is 77.9 Å². The maximum absolute atomic E-state index is 13.8. The van der Waals surface area contributed by atoms with Gasteiger partial charge in [-0.1, -0.05) is 42.5 Å². The summed E-state index contributed by atoms with van der Waals surface area (Å²) in [6.07, 6.45) is 3.47. The summed E-state index contributed by atoms with van der Waals surface area (Å²) in [5.41, 5.74) is 4.93. The van der Waals surface area contributed by atoms with Crippen molar-refractivity contribution in [2.75, 3.05) is 0 Å². The molecule has 0 bridgehead atoms. The first-order valence-corrected chi connectivity index (χ1v) is 10.8. The van der Waals surface area contributed by atoms with Gasteiger partial charge in [-0.05, 0) is 41.8 Å². The standard InChI is InChI=1S/C26H24N4O3/c1-17-8-6-11-20-24(17)19(15-28(20)2)16-29-21-12-7-13-27-25(21)30(26(29)33)22(14-23(31)32)18-9-4-3-5-10-18/h3-13,15,22H,14,16H2,1-2H3,(H,31,32). The molecule has 0 saturated heterocycles. The van der Waals surface area contributed by atoms with Gasteiger partial charge in [0.15, 0.2) is 5.65 Å². The molecule has 33 heavy (non-hydrogen) atoms. The van der Waals surface area contributed by atoms with Crippen LogP contribution >= 0.6 is 0 Å². The zero-order valence-corrected chi connectivity index (χ0v) is 18.5. The number of nitrogens with zero attached hydrogens (tertiary/aromatic N) is 4. The highest BCUT2D eigenvalue weighted by Gasteiger charge is 2.25. The predicted molar refractivity (Wildman–Crippen MR) is 128 cm³/mol. The summed E-state index contributed by atoms with van der Waals surface area (Å²) < 4.78 is 5.29. The van der Waals surface area contributed by atoms with Crippen LogP contribution in [0.5, 0.6) is 0 Å². The first kappa shape index (κ1) is 20.8. The minimum Gasteiger partial charge on any atom is -0.481 e. The highest BCUT2D eigenvalue weighted by atomic mass is 16.4. The van der Waals surface area contributed by atoms with E-state index in [2.05, 4.69) is 34.8 Å². The molecular weight excluding hydrogens is 416 g/mol. The van der Waals surface area contributed by atoms with Crippen LogP contribution in [0.2, 0.25) is 0 Å². The molecule has 0 radical (unpaired) electrons. The van der Waals surface area contributed by atoms with E-state index in [4.69, 9.17) is 0 Å². The average molecular weight is 441 g/mol. The summed E-state index contributed by atoms with van der Waals surface area (Å²) in [7, 11) is 2.00. The summed E-state index contributed by atoms with van der Waals surface area (Å²) in [5.74, 6) is -0.975. The normalized spacial score (nSPS) is 12.4. The largest absolute Gasteiger partial charge is 0.481 e. The number of aryl methyl sites for hydroxylation is 2. The van der Waals surface area contributed by atoms with Gasteiger partial charge in [-0.15, -0.1) is 0 Å². The second-order valence-electron chi connectivity index (χ2n) is 8.34. The number of aromatic nitrogens is 4. The van der Waals surface area contributed by atoms with Gasteiger partial charge in [0.2, 0.25) is 0 Å². The van der Waals surface area contributed by atoms with Crippen molar-refractivity contribution in [2.45, 2.75) is 25.9 Å². The van der Waals surface area contributed by atoms with Crippen molar-refractivity contribution in [2.24, 2.45) is 7.05 Å². The molecule has 5 rings (SSSR count). The highest BCUT2D eigenvalue weighted by molar-refractivity contribution is 5.87. The monoisotopic (exact) mass is 440 g/mol. The zero-order chi connectivity index (χ0) is 23.1. The Morgan fingerprint density at radius 2 is 1.79 bits per heavy atom. The number of fused-ring (bicyclic) bond motifs is 2. The fourth-order valence-corrected chi connectivity index (χ4v) is 4.76. The topological polar surface area (TPSA) is 82.1 Å². The number of benzene rings is 2. The summed E-state index contributed by atoms with van der Waals surface area (Å²) in [5, 5.41) is 10.7. The molecule has 0 spiro atoms. The molecule has 0 aliphatic carbocycles. The lowest BCUT2D eigenvalue weighted by atomic mass is 10.0. The Hall–Kier alpha value is -4.13. The molecule has 2 aromatic carbocycles. The van der Waals surface area contributed by atoms with Crippen LogP contribution in [-0.4, -0.2) is 29.8 Å². The van der Waals surface area contributed by atoms with Gasteiger partial charge in [-0.25, -0.2) is 9.78 Å². The van der Waals surface area contributed by atoms with E-state index in [1.807, 2.05) is 49.5 Å². The first-order chi connectivity index (χ1) is 16.0. The van der Waals surface area contributed by atoms with Crippen LogP contribution in [0, 0.1) is 6.92 Å². The van der Waals surface area contributed by atoms with Crippen LogP contribution in [0.1, 0.15) is 29.2 Å². The average Bonchev–Trinajstić information content (AvgIpc) is 3.28. The van der Waals surface area contributed by atoms with Crippen LogP contribution in [0.25, 0.3) is 22.1 Å². The lowest BCUT2D eigenvalue weighted by Crippen LogP contribution is -2.29. The van der Waals surface area contributed by atoms with Crippen molar-refractivity contribution in [3.8, 4) is 0 Å². The SMILES string of the molecule is Cc1cccc2c1c(Cn1c(=O)n(C(CC(=O)O)c3ccccc3)c3ncccc31)cn2C. The van der Waals surface area contributed by atoms with Crippen molar-refractivity contribution >= 4 is 28.0 Å². The van der Waals surface area contributed by atoms with Crippen molar-refractivity contribution in [3.63, 3.8) is 0 Å². The molecule has 3 heterocycles. The quantitative estimate of drug-likeness (QED) is 0.431. The number of pyridine rings is 1. The van der Waals surface area contributed by atoms with E-state index in [1.54, 1.807) is 16.8 Å². The Bertz CT molecular complexity index is 1540. The molecule has 166 valence electrons. The number of carbonyl (C=O) groups is 1. The van der Waals surface area contributed by atoms with E-state index in [1.165, 1.54) is 4.57 Å². The number of rotatable bonds is 6. The van der Waals surface area contributed by atoms with Gasteiger partial charge in [-0.2, -0.15) is 0 Å². The first-order valence-electron chi connectivity index (χ1n) is 10.8. The van der Waals surface area contributed by atoms with Crippen LogP contribution in [0.3, 0.4) is 0 Å². The summed E-state index contributed by atoms with van der Waals surface area (Å²) in [6, 6.07) is 18.4. The molecule has 1 atom stereocenters. The van der Waals surface area contributed by atoms with Gasteiger partial charge in [-0.3, -0.25) is 13.9 Å². The van der Waals surface area contributed by atoms with E-state index >= 15 is 0 Å². The Balaban J connectivity index is 1.73. The van der Waals surface area contributed by atoms with Gasteiger partial charge in [0.25, 0.3) is 0 Å². The number of imidazole rings is 1.